The number of ketones is 2. The van der Waals surface area contributed by atoms with Gasteiger partial charge in [-0.3, -0.25) is 9.59 Å². The number of fused-ring (bicyclic) bond motifs is 1. The number of hydrogen-bond acceptors (Lipinski definition) is 3. The van der Waals surface area contributed by atoms with Crippen molar-refractivity contribution >= 4 is 17.3 Å². The van der Waals surface area contributed by atoms with Crippen LogP contribution in [0.5, 0.6) is 0 Å². The van der Waals surface area contributed by atoms with E-state index in [4.69, 9.17) is 0 Å². The number of carbonyl (C=O) groups excluding carboxylic acids is 2. The average molecular weight is 230 g/mol. The largest absolute Gasteiger partial charge is 0.507 e. The molecule has 0 atom stereocenters. The molecule has 0 saturated carbocycles. The maximum atomic E-state index is 11.9. The van der Waals surface area contributed by atoms with Crippen molar-refractivity contribution < 1.29 is 14.7 Å². The summed E-state index contributed by atoms with van der Waals surface area (Å²) in [7, 11) is 0. The molecule has 3 heteroatoms. The van der Waals surface area contributed by atoms with Crippen molar-refractivity contribution in [2.75, 3.05) is 0 Å². The molecular weight excluding hydrogens is 216 g/mol. The highest BCUT2D eigenvalue weighted by Gasteiger charge is 2.32. The SMILES string of the molecule is CCC1=C(O)c2cc(C)c(C)cc2C(=O)C1=O. The minimum Gasteiger partial charge on any atom is -0.507 e. The molecule has 0 amide bonds. The smallest absolute Gasteiger partial charge is 0.234 e. The first-order valence-electron chi connectivity index (χ1n) is 5.60. The first-order chi connectivity index (χ1) is 7.97. The minimum absolute atomic E-state index is 0.0461. The predicted molar refractivity (Wildman–Crippen MR) is 65.1 cm³/mol. The molecule has 1 N–H and O–H groups in total. The molecule has 2 rings (SSSR count). The van der Waals surface area contributed by atoms with E-state index in [1.165, 1.54) is 0 Å². The Balaban J connectivity index is 2.79. The highest BCUT2D eigenvalue weighted by Crippen LogP contribution is 2.31. The van der Waals surface area contributed by atoms with Crippen molar-refractivity contribution in [2.45, 2.75) is 27.2 Å². The first-order valence-corrected chi connectivity index (χ1v) is 5.60. The van der Waals surface area contributed by atoms with Crippen LogP contribution >= 0.6 is 0 Å². The van der Waals surface area contributed by atoms with Gasteiger partial charge in [0.2, 0.25) is 11.6 Å². The van der Waals surface area contributed by atoms with E-state index in [1.807, 2.05) is 13.8 Å². The van der Waals surface area contributed by atoms with E-state index in [0.29, 0.717) is 17.5 Å². The van der Waals surface area contributed by atoms with Gasteiger partial charge < -0.3 is 5.11 Å². The molecule has 0 bridgehead atoms. The van der Waals surface area contributed by atoms with Crippen LogP contribution in [0.2, 0.25) is 0 Å². The Morgan fingerprint density at radius 1 is 1.00 bits per heavy atom. The van der Waals surface area contributed by atoms with Crippen LogP contribution in [0.4, 0.5) is 0 Å². The fourth-order valence-electron chi connectivity index (χ4n) is 2.06. The summed E-state index contributed by atoms with van der Waals surface area (Å²) in [6.45, 7) is 5.54. The van der Waals surface area contributed by atoms with E-state index >= 15 is 0 Å². The van der Waals surface area contributed by atoms with Crippen LogP contribution in [0.25, 0.3) is 5.76 Å². The molecule has 0 heterocycles. The lowest BCUT2D eigenvalue weighted by Gasteiger charge is -2.18. The zero-order chi connectivity index (χ0) is 12.7. The predicted octanol–water partition coefficient (Wildman–Crippen LogP) is 2.75. The normalized spacial score (nSPS) is 15.2. The van der Waals surface area contributed by atoms with Crippen LogP contribution in [0.15, 0.2) is 17.7 Å². The van der Waals surface area contributed by atoms with Gasteiger partial charge in [-0.15, -0.1) is 0 Å². The molecular formula is C14H14O3. The van der Waals surface area contributed by atoms with Crippen LogP contribution in [-0.2, 0) is 4.79 Å². The number of aliphatic hydroxyl groups excluding tert-OH is 1. The molecule has 3 nitrogen and oxygen atoms in total. The molecule has 1 aromatic carbocycles. The van der Waals surface area contributed by atoms with Gasteiger partial charge in [0.1, 0.15) is 5.76 Å². The molecule has 88 valence electrons. The lowest BCUT2D eigenvalue weighted by molar-refractivity contribution is -0.112. The number of Topliss-reactive ketones (excluding diaryl/α,β-unsaturated/α-hetero) is 2. The first kappa shape index (κ1) is 11.6. The second-order valence-corrected chi connectivity index (χ2v) is 4.32. The van der Waals surface area contributed by atoms with Crippen molar-refractivity contribution in [3.63, 3.8) is 0 Å². The van der Waals surface area contributed by atoms with E-state index < -0.39 is 11.6 Å². The van der Waals surface area contributed by atoms with Gasteiger partial charge in [0.05, 0.1) is 0 Å². The Morgan fingerprint density at radius 2 is 1.53 bits per heavy atom. The molecule has 0 fully saturated rings. The highest BCUT2D eigenvalue weighted by molar-refractivity contribution is 6.52. The third kappa shape index (κ3) is 1.58. The molecule has 0 spiro atoms. The molecule has 1 aromatic rings. The van der Waals surface area contributed by atoms with Crippen LogP contribution < -0.4 is 0 Å². The van der Waals surface area contributed by atoms with Crippen LogP contribution in [0, 0.1) is 13.8 Å². The summed E-state index contributed by atoms with van der Waals surface area (Å²) >= 11 is 0. The van der Waals surface area contributed by atoms with Crippen LogP contribution in [-0.4, -0.2) is 16.7 Å². The summed E-state index contributed by atoms with van der Waals surface area (Å²) in [5.74, 6) is -1.14. The van der Waals surface area contributed by atoms with Crippen LogP contribution in [0.3, 0.4) is 0 Å². The van der Waals surface area contributed by atoms with Crippen molar-refractivity contribution in [3.8, 4) is 0 Å². The van der Waals surface area contributed by atoms with Gasteiger partial charge in [-0.1, -0.05) is 6.92 Å². The molecule has 1 aliphatic carbocycles. The second-order valence-electron chi connectivity index (χ2n) is 4.32. The van der Waals surface area contributed by atoms with Gasteiger partial charge >= 0.3 is 0 Å². The summed E-state index contributed by atoms with van der Waals surface area (Å²) in [5.41, 5.74) is 2.94. The Kier molecular flexibility index (Phi) is 2.62. The Bertz CT molecular complexity index is 565. The van der Waals surface area contributed by atoms with Crippen molar-refractivity contribution in [1.82, 2.24) is 0 Å². The molecule has 0 unspecified atom stereocenters. The Hall–Kier alpha value is -1.90. The maximum Gasteiger partial charge on any atom is 0.234 e. The lowest BCUT2D eigenvalue weighted by Crippen LogP contribution is -2.24. The zero-order valence-electron chi connectivity index (χ0n) is 10.1. The number of hydrogen-bond donors (Lipinski definition) is 1. The summed E-state index contributed by atoms with van der Waals surface area (Å²) in [6.07, 6.45) is 0.364. The number of carbonyl (C=O) groups is 2. The number of allylic oxidation sites excluding steroid dienone is 1. The van der Waals surface area contributed by atoms with E-state index in [2.05, 4.69) is 0 Å². The third-order valence-electron chi connectivity index (χ3n) is 3.25. The quantitative estimate of drug-likeness (QED) is 0.755. The third-order valence-corrected chi connectivity index (χ3v) is 3.25. The molecule has 0 radical (unpaired) electrons. The molecule has 0 aliphatic heterocycles. The second kappa shape index (κ2) is 3.84. The molecule has 0 saturated heterocycles. The zero-order valence-corrected chi connectivity index (χ0v) is 10.1. The summed E-state index contributed by atoms with van der Waals surface area (Å²) in [4.78, 5) is 23.7. The van der Waals surface area contributed by atoms with Crippen LogP contribution in [0.1, 0.15) is 40.4 Å². The summed E-state index contributed by atoms with van der Waals surface area (Å²) < 4.78 is 0. The lowest BCUT2D eigenvalue weighted by atomic mass is 9.85. The molecule has 0 aromatic heterocycles. The topological polar surface area (TPSA) is 54.4 Å². The van der Waals surface area contributed by atoms with Gasteiger partial charge in [-0.25, -0.2) is 0 Å². The minimum atomic E-state index is -0.583. The van der Waals surface area contributed by atoms with Crippen molar-refractivity contribution in [1.29, 1.82) is 0 Å². The average Bonchev–Trinajstić information content (AvgIpc) is 2.30. The van der Waals surface area contributed by atoms with E-state index in [0.717, 1.165) is 11.1 Å². The van der Waals surface area contributed by atoms with E-state index in [-0.39, 0.29) is 11.3 Å². The number of aryl methyl sites for hydroxylation is 2. The van der Waals surface area contributed by atoms with E-state index in [1.54, 1.807) is 19.1 Å². The van der Waals surface area contributed by atoms with Gasteiger partial charge in [-0.2, -0.15) is 0 Å². The number of rotatable bonds is 1. The van der Waals surface area contributed by atoms with Crippen molar-refractivity contribution in [2.24, 2.45) is 0 Å². The fourth-order valence-corrected chi connectivity index (χ4v) is 2.06. The van der Waals surface area contributed by atoms with Gasteiger partial charge in [-0.05, 0) is 43.5 Å². The van der Waals surface area contributed by atoms with Gasteiger partial charge in [0, 0.05) is 16.7 Å². The maximum absolute atomic E-state index is 11.9. The van der Waals surface area contributed by atoms with Gasteiger partial charge in [0.15, 0.2) is 0 Å². The molecule has 1 aliphatic rings. The van der Waals surface area contributed by atoms with E-state index in [9.17, 15) is 14.7 Å². The Labute approximate surface area is 99.8 Å². The number of benzene rings is 1. The fraction of sp³-hybridized carbons (Fsp3) is 0.286. The standard InChI is InChI=1S/C14H14O3/c1-4-9-12(15)10-5-7(2)8(3)6-11(10)14(17)13(9)16/h5-6,15H,4H2,1-3H3. The molecule has 17 heavy (non-hydrogen) atoms. The Morgan fingerprint density at radius 3 is 2.06 bits per heavy atom. The highest BCUT2D eigenvalue weighted by atomic mass is 16.3. The summed E-state index contributed by atoms with van der Waals surface area (Å²) in [5, 5.41) is 10.0. The van der Waals surface area contributed by atoms with Crippen molar-refractivity contribution in [3.05, 3.63) is 40.0 Å². The summed E-state index contributed by atoms with van der Waals surface area (Å²) in [6, 6.07) is 3.44. The van der Waals surface area contributed by atoms with Gasteiger partial charge in [0.25, 0.3) is 0 Å². The monoisotopic (exact) mass is 230 g/mol. The number of aliphatic hydroxyl groups is 1.